The zero-order chi connectivity index (χ0) is 15.6. The second-order valence-electron chi connectivity index (χ2n) is 5.01. The summed E-state index contributed by atoms with van der Waals surface area (Å²) in [6.45, 7) is 0. The van der Waals surface area contributed by atoms with Crippen molar-refractivity contribution in [2.75, 3.05) is 5.32 Å². The van der Waals surface area contributed by atoms with Gasteiger partial charge >= 0.3 is 0 Å². The molecule has 4 aromatic rings. The molecule has 0 aliphatic rings. The molecule has 6 heteroatoms. The summed E-state index contributed by atoms with van der Waals surface area (Å²) in [7, 11) is 0. The van der Waals surface area contributed by atoms with Crippen molar-refractivity contribution in [1.29, 1.82) is 0 Å². The molecule has 2 heterocycles. The highest BCUT2D eigenvalue weighted by atomic mass is 32.1. The monoisotopic (exact) mass is 320 g/mol. The number of carbonyl (C=O) groups excluding carboxylic acids is 1. The van der Waals surface area contributed by atoms with Crippen LogP contribution in [0.15, 0.2) is 54.1 Å². The normalized spacial score (nSPS) is 11.5. The summed E-state index contributed by atoms with van der Waals surface area (Å²) in [6.07, 6.45) is 3.19. The Labute approximate surface area is 135 Å². The summed E-state index contributed by atoms with van der Waals surface area (Å²) in [5.74, 6) is -0.194. The number of anilines is 1. The van der Waals surface area contributed by atoms with Gasteiger partial charge in [-0.2, -0.15) is 5.10 Å². The minimum absolute atomic E-state index is 0.194. The molecule has 2 aromatic carbocycles. The summed E-state index contributed by atoms with van der Waals surface area (Å²) in [6, 6.07) is 13.5. The largest absolute Gasteiger partial charge is 0.322 e. The highest BCUT2D eigenvalue weighted by molar-refractivity contribution is 7.16. The van der Waals surface area contributed by atoms with Gasteiger partial charge in [0.15, 0.2) is 0 Å². The van der Waals surface area contributed by atoms with Crippen LogP contribution in [-0.2, 0) is 4.79 Å². The number of aromatic amines is 1. The Morgan fingerprint density at radius 3 is 3.09 bits per heavy atom. The maximum atomic E-state index is 12.1. The molecule has 4 rings (SSSR count). The van der Waals surface area contributed by atoms with Crippen molar-refractivity contribution in [2.24, 2.45) is 0 Å². The number of nitrogens with one attached hydrogen (secondary N) is 2. The Bertz CT molecular complexity index is 1030. The number of nitrogens with zero attached hydrogens (tertiary/aromatic N) is 2. The number of fused-ring (bicyclic) bond motifs is 2. The molecule has 0 bridgehead atoms. The number of rotatable bonds is 3. The molecular weight excluding hydrogens is 308 g/mol. The van der Waals surface area contributed by atoms with Gasteiger partial charge in [0, 0.05) is 17.1 Å². The summed E-state index contributed by atoms with van der Waals surface area (Å²) in [5, 5.41) is 11.0. The highest BCUT2D eigenvalue weighted by Crippen LogP contribution is 2.22. The average Bonchev–Trinajstić information content (AvgIpc) is 3.19. The van der Waals surface area contributed by atoms with E-state index in [1.54, 1.807) is 22.9 Å². The molecule has 112 valence electrons. The van der Waals surface area contributed by atoms with E-state index in [0.717, 1.165) is 32.5 Å². The van der Waals surface area contributed by atoms with Gasteiger partial charge in [-0.15, -0.1) is 11.3 Å². The molecule has 0 saturated heterocycles. The van der Waals surface area contributed by atoms with Gasteiger partial charge in [-0.1, -0.05) is 18.2 Å². The van der Waals surface area contributed by atoms with Crippen LogP contribution >= 0.6 is 11.3 Å². The lowest BCUT2D eigenvalue weighted by molar-refractivity contribution is -0.111. The second kappa shape index (κ2) is 5.66. The first kappa shape index (κ1) is 13.7. The van der Waals surface area contributed by atoms with Crippen LogP contribution in [0.25, 0.3) is 27.2 Å². The number of amides is 1. The molecule has 0 atom stereocenters. The minimum atomic E-state index is -0.194. The van der Waals surface area contributed by atoms with Crippen molar-refractivity contribution in [1.82, 2.24) is 15.2 Å². The van der Waals surface area contributed by atoms with Crippen molar-refractivity contribution >= 4 is 50.1 Å². The highest BCUT2D eigenvalue weighted by Gasteiger charge is 2.04. The van der Waals surface area contributed by atoms with Crippen molar-refractivity contribution in [2.45, 2.75) is 0 Å². The predicted molar refractivity (Wildman–Crippen MR) is 93.4 cm³/mol. The molecular formula is C17H12N4OS. The van der Waals surface area contributed by atoms with Crippen molar-refractivity contribution in [3.8, 4) is 0 Å². The number of hydrogen-bond donors (Lipinski definition) is 2. The quantitative estimate of drug-likeness (QED) is 0.564. The number of benzene rings is 2. The third-order valence-electron chi connectivity index (χ3n) is 3.49. The van der Waals surface area contributed by atoms with E-state index in [4.69, 9.17) is 0 Å². The van der Waals surface area contributed by atoms with E-state index in [1.807, 2.05) is 42.5 Å². The number of thiazole rings is 1. The molecule has 0 radical (unpaired) electrons. The van der Waals surface area contributed by atoms with E-state index in [9.17, 15) is 4.79 Å². The van der Waals surface area contributed by atoms with Crippen LogP contribution in [0.2, 0.25) is 0 Å². The Hall–Kier alpha value is -2.99. The first-order valence-corrected chi connectivity index (χ1v) is 7.93. The summed E-state index contributed by atoms with van der Waals surface area (Å²) in [4.78, 5) is 16.3. The first-order valence-electron chi connectivity index (χ1n) is 7.05. The van der Waals surface area contributed by atoms with Crippen LogP contribution in [0, 0.1) is 0 Å². The molecule has 0 unspecified atom stereocenters. The molecule has 2 N–H and O–H groups in total. The lowest BCUT2D eigenvalue weighted by Gasteiger charge is -2.01. The van der Waals surface area contributed by atoms with E-state index in [1.165, 1.54) is 6.08 Å². The molecule has 23 heavy (non-hydrogen) atoms. The SMILES string of the molecule is O=C(/C=C/c1n[nH]c2ccccc12)Nc1ccc2ncsc2c1. The third-order valence-corrected chi connectivity index (χ3v) is 4.28. The molecule has 5 nitrogen and oxygen atoms in total. The Morgan fingerprint density at radius 1 is 1.22 bits per heavy atom. The van der Waals surface area contributed by atoms with Gasteiger partial charge < -0.3 is 5.32 Å². The third kappa shape index (κ3) is 2.72. The average molecular weight is 320 g/mol. The van der Waals surface area contributed by atoms with Crippen molar-refractivity contribution in [3.63, 3.8) is 0 Å². The molecule has 1 amide bonds. The molecule has 0 aliphatic heterocycles. The van der Waals surface area contributed by atoms with Gasteiger partial charge in [0.1, 0.15) is 0 Å². The summed E-state index contributed by atoms with van der Waals surface area (Å²) in [5.41, 5.74) is 5.17. The standard InChI is InChI=1S/C17H12N4OS/c22-17(19-11-5-6-15-16(9-11)23-10-18-15)8-7-14-12-3-1-2-4-13(12)20-21-14/h1-10H,(H,19,22)(H,20,21)/b8-7+. The Kier molecular flexibility index (Phi) is 3.36. The van der Waals surface area contributed by atoms with E-state index in [0.29, 0.717) is 0 Å². The second-order valence-corrected chi connectivity index (χ2v) is 5.90. The first-order chi connectivity index (χ1) is 11.3. The van der Waals surface area contributed by atoms with E-state index in [-0.39, 0.29) is 5.91 Å². The maximum Gasteiger partial charge on any atom is 0.248 e. The van der Waals surface area contributed by atoms with Gasteiger partial charge in [-0.25, -0.2) is 4.98 Å². The lowest BCUT2D eigenvalue weighted by atomic mass is 10.2. The van der Waals surface area contributed by atoms with E-state index < -0.39 is 0 Å². The Balaban J connectivity index is 1.53. The van der Waals surface area contributed by atoms with Crippen LogP contribution in [-0.4, -0.2) is 21.1 Å². The molecule has 0 fully saturated rings. The number of hydrogen-bond acceptors (Lipinski definition) is 4. The van der Waals surface area contributed by atoms with Gasteiger partial charge in [-0.05, 0) is 30.3 Å². The summed E-state index contributed by atoms with van der Waals surface area (Å²) >= 11 is 1.55. The van der Waals surface area contributed by atoms with Crippen LogP contribution in [0.4, 0.5) is 5.69 Å². The summed E-state index contributed by atoms with van der Waals surface area (Å²) < 4.78 is 1.05. The Morgan fingerprint density at radius 2 is 2.13 bits per heavy atom. The number of aromatic nitrogens is 3. The van der Waals surface area contributed by atoms with E-state index >= 15 is 0 Å². The molecule has 0 spiro atoms. The fourth-order valence-electron chi connectivity index (χ4n) is 2.38. The number of H-pyrrole nitrogens is 1. The fourth-order valence-corrected chi connectivity index (χ4v) is 3.10. The van der Waals surface area contributed by atoms with Crippen LogP contribution < -0.4 is 5.32 Å². The zero-order valence-electron chi connectivity index (χ0n) is 12.0. The van der Waals surface area contributed by atoms with Gasteiger partial charge in [0.25, 0.3) is 0 Å². The van der Waals surface area contributed by atoms with Crippen molar-refractivity contribution in [3.05, 3.63) is 59.7 Å². The smallest absolute Gasteiger partial charge is 0.248 e. The molecule has 0 saturated carbocycles. The molecule has 2 aromatic heterocycles. The fraction of sp³-hybridized carbons (Fsp3) is 0. The molecule has 0 aliphatic carbocycles. The van der Waals surface area contributed by atoms with Gasteiger partial charge in [0.2, 0.25) is 5.91 Å². The van der Waals surface area contributed by atoms with Crippen molar-refractivity contribution < 1.29 is 4.79 Å². The van der Waals surface area contributed by atoms with Crippen LogP contribution in [0.3, 0.4) is 0 Å². The number of para-hydroxylation sites is 1. The zero-order valence-corrected chi connectivity index (χ0v) is 12.8. The van der Waals surface area contributed by atoms with Crippen LogP contribution in [0.5, 0.6) is 0 Å². The van der Waals surface area contributed by atoms with Gasteiger partial charge in [0.05, 0.1) is 26.9 Å². The maximum absolute atomic E-state index is 12.1. The number of carbonyl (C=O) groups is 1. The topological polar surface area (TPSA) is 70.7 Å². The predicted octanol–water partition coefficient (Wildman–Crippen LogP) is 3.82. The van der Waals surface area contributed by atoms with E-state index in [2.05, 4.69) is 20.5 Å². The van der Waals surface area contributed by atoms with Crippen LogP contribution in [0.1, 0.15) is 5.69 Å². The minimum Gasteiger partial charge on any atom is -0.322 e. The van der Waals surface area contributed by atoms with Gasteiger partial charge in [-0.3, -0.25) is 9.89 Å². The lowest BCUT2D eigenvalue weighted by Crippen LogP contribution is -2.07.